The largest absolute Gasteiger partial charge is 0.357 e. The standard InChI is InChI=1S/C22H28N6.HI/c1-2-23-21(24-15-12-20-27-26-19-11-6-7-16-28(19)20)25-17-22(13-8-14-22)18-9-4-3-5-10-18;/h3-7,9-11,16H,2,8,12-15,17H2,1H3,(H2,23,24,25);1H. The van der Waals surface area contributed by atoms with Crippen LogP contribution in [0.3, 0.4) is 0 Å². The molecule has 29 heavy (non-hydrogen) atoms. The quantitative estimate of drug-likeness (QED) is 0.294. The second kappa shape index (κ2) is 10.0. The maximum Gasteiger partial charge on any atom is 0.191 e. The Labute approximate surface area is 189 Å². The number of aliphatic imine (C=N–C) groups is 1. The number of hydrogen-bond acceptors (Lipinski definition) is 3. The van der Waals surface area contributed by atoms with E-state index in [2.05, 4.69) is 58.1 Å². The number of nitrogens with zero attached hydrogens (tertiary/aromatic N) is 4. The molecule has 0 unspecified atom stereocenters. The van der Waals surface area contributed by atoms with Crippen molar-refractivity contribution in [3.05, 3.63) is 66.1 Å². The van der Waals surface area contributed by atoms with E-state index in [9.17, 15) is 0 Å². The normalized spacial score (nSPS) is 15.4. The summed E-state index contributed by atoms with van der Waals surface area (Å²) in [6, 6.07) is 16.8. The smallest absolute Gasteiger partial charge is 0.191 e. The number of halogens is 1. The molecule has 6 nitrogen and oxygen atoms in total. The first-order valence-corrected chi connectivity index (χ1v) is 10.2. The fourth-order valence-corrected chi connectivity index (χ4v) is 3.86. The summed E-state index contributed by atoms with van der Waals surface area (Å²) in [7, 11) is 0. The van der Waals surface area contributed by atoms with Crippen molar-refractivity contribution in [3.63, 3.8) is 0 Å². The molecule has 2 N–H and O–H groups in total. The van der Waals surface area contributed by atoms with Crippen LogP contribution in [0.4, 0.5) is 0 Å². The lowest BCUT2D eigenvalue weighted by molar-refractivity contribution is 0.253. The van der Waals surface area contributed by atoms with Gasteiger partial charge in [0.05, 0.1) is 6.54 Å². The zero-order valence-corrected chi connectivity index (χ0v) is 19.2. The van der Waals surface area contributed by atoms with Crippen LogP contribution in [-0.4, -0.2) is 40.2 Å². The van der Waals surface area contributed by atoms with E-state index < -0.39 is 0 Å². The fourth-order valence-electron chi connectivity index (χ4n) is 3.86. The lowest BCUT2D eigenvalue weighted by Crippen LogP contribution is -2.42. The van der Waals surface area contributed by atoms with E-state index in [1.165, 1.54) is 24.8 Å². The summed E-state index contributed by atoms with van der Waals surface area (Å²) in [5, 5.41) is 15.3. The molecule has 0 saturated heterocycles. The number of pyridine rings is 1. The Balaban J connectivity index is 0.00000240. The average molecular weight is 504 g/mol. The summed E-state index contributed by atoms with van der Waals surface area (Å²) in [4.78, 5) is 4.92. The predicted molar refractivity (Wildman–Crippen MR) is 128 cm³/mol. The van der Waals surface area contributed by atoms with Crippen molar-refractivity contribution in [2.45, 2.75) is 38.0 Å². The van der Waals surface area contributed by atoms with Crippen molar-refractivity contribution in [1.82, 2.24) is 25.2 Å². The first-order chi connectivity index (χ1) is 13.8. The van der Waals surface area contributed by atoms with Crippen molar-refractivity contribution in [2.24, 2.45) is 4.99 Å². The molecule has 7 heteroatoms. The van der Waals surface area contributed by atoms with E-state index >= 15 is 0 Å². The number of aromatic nitrogens is 3. The van der Waals surface area contributed by atoms with Gasteiger partial charge in [-0.15, -0.1) is 34.2 Å². The van der Waals surface area contributed by atoms with Crippen molar-refractivity contribution in [1.29, 1.82) is 0 Å². The lowest BCUT2D eigenvalue weighted by Gasteiger charge is -2.41. The first-order valence-electron chi connectivity index (χ1n) is 10.2. The van der Waals surface area contributed by atoms with Crippen molar-refractivity contribution in [2.75, 3.05) is 19.6 Å². The maximum atomic E-state index is 4.92. The predicted octanol–water partition coefficient (Wildman–Crippen LogP) is 3.57. The Morgan fingerprint density at radius 2 is 1.86 bits per heavy atom. The Kier molecular flexibility index (Phi) is 7.46. The number of hydrogen-bond donors (Lipinski definition) is 2. The van der Waals surface area contributed by atoms with Gasteiger partial charge in [0, 0.05) is 31.1 Å². The summed E-state index contributed by atoms with van der Waals surface area (Å²) in [5.74, 6) is 1.83. The van der Waals surface area contributed by atoms with Gasteiger partial charge in [-0.2, -0.15) is 0 Å². The van der Waals surface area contributed by atoms with Gasteiger partial charge < -0.3 is 10.6 Å². The van der Waals surface area contributed by atoms with Crippen LogP contribution in [0.25, 0.3) is 5.65 Å². The summed E-state index contributed by atoms with van der Waals surface area (Å²) >= 11 is 0. The van der Waals surface area contributed by atoms with Crippen LogP contribution < -0.4 is 10.6 Å². The van der Waals surface area contributed by atoms with Crippen LogP contribution in [0, 0.1) is 0 Å². The van der Waals surface area contributed by atoms with E-state index in [4.69, 9.17) is 4.99 Å². The zero-order valence-electron chi connectivity index (χ0n) is 16.8. The highest BCUT2D eigenvalue weighted by Gasteiger charge is 2.38. The van der Waals surface area contributed by atoms with Gasteiger partial charge in [0.1, 0.15) is 5.82 Å². The van der Waals surface area contributed by atoms with Gasteiger partial charge >= 0.3 is 0 Å². The molecule has 0 spiro atoms. The molecule has 2 aromatic heterocycles. The second-order valence-electron chi connectivity index (χ2n) is 7.42. The van der Waals surface area contributed by atoms with Crippen molar-refractivity contribution >= 4 is 35.6 Å². The van der Waals surface area contributed by atoms with E-state index in [0.29, 0.717) is 0 Å². The SMILES string of the molecule is CCNC(=NCC1(c2ccccc2)CCC1)NCCc1nnc2ccccn12.I. The molecular weight excluding hydrogens is 475 g/mol. The summed E-state index contributed by atoms with van der Waals surface area (Å²) in [5.41, 5.74) is 2.50. The molecular formula is C22H29IN6. The van der Waals surface area contributed by atoms with Gasteiger partial charge in [-0.25, -0.2) is 0 Å². The van der Waals surface area contributed by atoms with Crippen LogP contribution in [0.2, 0.25) is 0 Å². The van der Waals surface area contributed by atoms with E-state index in [1.807, 2.05) is 28.8 Å². The van der Waals surface area contributed by atoms with Gasteiger partial charge in [0.15, 0.2) is 11.6 Å². The Morgan fingerprint density at radius 1 is 1.07 bits per heavy atom. The molecule has 154 valence electrons. The summed E-state index contributed by atoms with van der Waals surface area (Å²) < 4.78 is 2.03. The van der Waals surface area contributed by atoms with E-state index in [1.54, 1.807) is 0 Å². The van der Waals surface area contributed by atoms with Crippen molar-refractivity contribution < 1.29 is 0 Å². The van der Waals surface area contributed by atoms with Crippen LogP contribution in [-0.2, 0) is 11.8 Å². The summed E-state index contributed by atoms with van der Waals surface area (Å²) in [6.07, 6.45) is 6.51. The maximum absolute atomic E-state index is 4.92. The summed E-state index contributed by atoms with van der Waals surface area (Å²) in [6.45, 7) is 4.53. The number of rotatable bonds is 7. The first kappa shape index (κ1) is 21.5. The van der Waals surface area contributed by atoms with Crippen LogP contribution in [0.5, 0.6) is 0 Å². The van der Waals surface area contributed by atoms with Gasteiger partial charge in [-0.3, -0.25) is 9.39 Å². The monoisotopic (exact) mass is 504 g/mol. The van der Waals surface area contributed by atoms with Gasteiger partial charge in [-0.1, -0.05) is 42.8 Å². The molecule has 0 atom stereocenters. The average Bonchev–Trinajstić information content (AvgIpc) is 3.11. The number of guanidine groups is 1. The lowest BCUT2D eigenvalue weighted by atomic mass is 9.64. The minimum absolute atomic E-state index is 0. The van der Waals surface area contributed by atoms with Crippen LogP contribution in [0.1, 0.15) is 37.6 Å². The third-order valence-corrected chi connectivity index (χ3v) is 5.61. The van der Waals surface area contributed by atoms with Gasteiger partial charge in [-0.05, 0) is 37.5 Å². The molecule has 1 aliphatic rings. The third-order valence-electron chi connectivity index (χ3n) is 5.61. The molecule has 1 saturated carbocycles. The van der Waals surface area contributed by atoms with Crippen LogP contribution >= 0.6 is 24.0 Å². The number of benzene rings is 1. The molecule has 0 aliphatic heterocycles. The van der Waals surface area contributed by atoms with E-state index in [0.717, 1.165) is 43.5 Å². The van der Waals surface area contributed by atoms with E-state index in [-0.39, 0.29) is 29.4 Å². The highest BCUT2D eigenvalue weighted by atomic mass is 127. The zero-order chi connectivity index (χ0) is 19.2. The number of nitrogens with one attached hydrogen (secondary N) is 2. The number of fused-ring (bicyclic) bond motifs is 1. The highest BCUT2D eigenvalue weighted by molar-refractivity contribution is 14.0. The minimum atomic E-state index is 0. The molecule has 0 amide bonds. The second-order valence-corrected chi connectivity index (χ2v) is 7.42. The molecule has 1 aromatic carbocycles. The van der Waals surface area contributed by atoms with Crippen LogP contribution in [0.15, 0.2) is 59.7 Å². The minimum Gasteiger partial charge on any atom is -0.357 e. The Bertz CT molecular complexity index is 933. The van der Waals surface area contributed by atoms with Gasteiger partial charge in [0.2, 0.25) is 0 Å². The molecule has 4 rings (SSSR count). The molecule has 3 aromatic rings. The Hall–Kier alpha value is -2.16. The Morgan fingerprint density at radius 3 is 2.59 bits per heavy atom. The fraction of sp³-hybridized carbons (Fsp3) is 0.409. The topological polar surface area (TPSA) is 66.6 Å². The third kappa shape index (κ3) is 4.88. The molecule has 1 fully saturated rings. The van der Waals surface area contributed by atoms with Gasteiger partial charge in [0.25, 0.3) is 0 Å². The molecule has 0 bridgehead atoms. The van der Waals surface area contributed by atoms with Crippen molar-refractivity contribution in [3.8, 4) is 0 Å². The highest BCUT2D eigenvalue weighted by Crippen LogP contribution is 2.43. The molecule has 0 radical (unpaired) electrons. The molecule has 2 heterocycles. The molecule has 1 aliphatic carbocycles.